The van der Waals surface area contributed by atoms with E-state index in [-0.39, 0.29) is 0 Å². The molecule has 0 unspecified atom stereocenters. The van der Waals surface area contributed by atoms with E-state index in [0.717, 1.165) is 24.3 Å². The molecule has 112 valence electrons. The molecule has 0 saturated carbocycles. The average Bonchev–Trinajstić information content (AvgIpc) is 2.46. The van der Waals surface area contributed by atoms with Crippen molar-refractivity contribution in [2.24, 2.45) is 0 Å². The summed E-state index contributed by atoms with van der Waals surface area (Å²) in [5.74, 6) is 0.918. The van der Waals surface area contributed by atoms with Gasteiger partial charge in [0, 0.05) is 0 Å². The third kappa shape index (κ3) is 7.91. The number of thiocarbonyl (C=S) groups is 1. The molecule has 0 amide bonds. The fraction of sp³-hybridized carbons (Fsp3) is 0.588. The Morgan fingerprint density at radius 1 is 0.950 bits per heavy atom. The zero-order valence-electron chi connectivity index (χ0n) is 12.4. The summed E-state index contributed by atoms with van der Waals surface area (Å²) in [6.07, 6.45) is 10.6. The molecule has 0 aromatic heterocycles. The molecule has 1 rings (SSSR count). The number of benzene rings is 1. The SMILES string of the molecule is CCCCCCCCCCOc1ccc(C(=S)S)cc1. The topological polar surface area (TPSA) is 9.23 Å². The Hall–Kier alpha value is -0.540. The van der Waals surface area contributed by atoms with Crippen LogP contribution in [0.15, 0.2) is 24.3 Å². The molecule has 0 aliphatic heterocycles. The Bertz CT molecular complexity index is 373. The van der Waals surface area contributed by atoms with Crippen LogP contribution in [0.2, 0.25) is 0 Å². The molecule has 0 spiro atoms. The average molecular weight is 311 g/mol. The van der Waals surface area contributed by atoms with Crippen molar-refractivity contribution in [3.05, 3.63) is 29.8 Å². The fourth-order valence-corrected chi connectivity index (χ4v) is 2.40. The van der Waals surface area contributed by atoms with Crippen molar-refractivity contribution in [3.8, 4) is 5.75 Å². The Labute approximate surface area is 134 Å². The summed E-state index contributed by atoms with van der Waals surface area (Å²) in [7, 11) is 0. The van der Waals surface area contributed by atoms with Gasteiger partial charge in [-0.15, -0.1) is 12.6 Å². The zero-order valence-corrected chi connectivity index (χ0v) is 14.1. The second-order valence-electron chi connectivity index (χ2n) is 5.15. The molecular weight excluding hydrogens is 284 g/mol. The number of unbranched alkanes of at least 4 members (excludes halogenated alkanes) is 7. The summed E-state index contributed by atoms with van der Waals surface area (Å²) in [6, 6.07) is 7.84. The van der Waals surface area contributed by atoms with Crippen LogP contribution >= 0.6 is 24.8 Å². The normalized spacial score (nSPS) is 10.5. The second kappa shape index (κ2) is 11.2. The second-order valence-corrected chi connectivity index (χ2v) is 6.31. The maximum atomic E-state index is 5.72. The van der Waals surface area contributed by atoms with E-state index in [1.807, 2.05) is 24.3 Å². The quantitative estimate of drug-likeness (QED) is 0.314. The monoisotopic (exact) mass is 310 g/mol. The minimum Gasteiger partial charge on any atom is -0.494 e. The molecule has 20 heavy (non-hydrogen) atoms. The van der Waals surface area contributed by atoms with E-state index < -0.39 is 0 Å². The predicted molar refractivity (Wildman–Crippen MR) is 95.2 cm³/mol. The van der Waals surface area contributed by atoms with E-state index in [4.69, 9.17) is 17.0 Å². The number of ether oxygens (including phenoxy) is 1. The molecule has 0 saturated heterocycles. The number of thiol groups is 1. The first-order chi connectivity index (χ1) is 9.74. The van der Waals surface area contributed by atoms with E-state index in [1.54, 1.807) is 0 Å². The van der Waals surface area contributed by atoms with E-state index in [0.29, 0.717) is 4.20 Å². The lowest BCUT2D eigenvalue weighted by Crippen LogP contribution is -1.97. The van der Waals surface area contributed by atoms with E-state index in [2.05, 4.69) is 19.6 Å². The molecule has 0 radical (unpaired) electrons. The van der Waals surface area contributed by atoms with Crippen molar-refractivity contribution >= 4 is 29.0 Å². The molecule has 1 aromatic rings. The fourth-order valence-electron chi connectivity index (χ4n) is 2.12. The number of hydrogen-bond donors (Lipinski definition) is 1. The van der Waals surface area contributed by atoms with Crippen molar-refractivity contribution in [2.45, 2.75) is 58.3 Å². The maximum absolute atomic E-state index is 5.72. The van der Waals surface area contributed by atoms with Crippen LogP contribution in [0.25, 0.3) is 0 Å². The maximum Gasteiger partial charge on any atom is 0.119 e. The van der Waals surface area contributed by atoms with E-state index in [9.17, 15) is 0 Å². The smallest absolute Gasteiger partial charge is 0.119 e. The zero-order chi connectivity index (χ0) is 14.6. The molecule has 0 aliphatic rings. The van der Waals surface area contributed by atoms with Gasteiger partial charge < -0.3 is 4.74 Å². The Morgan fingerprint density at radius 2 is 1.50 bits per heavy atom. The largest absolute Gasteiger partial charge is 0.494 e. The van der Waals surface area contributed by atoms with Gasteiger partial charge in [0.1, 0.15) is 5.75 Å². The van der Waals surface area contributed by atoms with Gasteiger partial charge in [0.05, 0.1) is 10.8 Å². The van der Waals surface area contributed by atoms with Crippen molar-refractivity contribution in [1.29, 1.82) is 0 Å². The van der Waals surface area contributed by atoms with Crippen LogP contribution in [0.4, 0.5) is 0 Å². The molecule has 1 aromatic carbocycles. The Kier molecular flexibility index (Phi) is 9.77. The van der Waals surface area contributed by atoms with Crippen molar-refractivity contribution in [3.63, 3.8) is 0 Å². The summed E-state index contributed by atoms with van der Waals surface area (Å²) in [5.41, 5.74) is 0.975. The standard InChI is InChI=1S/C17H26OS2/c1-2-3-4-5-6-7-8-9-14-18-16-12-10-15(11-13-16)17(19)20/h10-13H,2-9,14H2,1H3,(H,19,20). The lowest BCUT2D eigenvalue weighted by molar-refractivity contribution is 0.304. The molecule has 3 heteroatoms. The molecule has 0 bridgehead atoms. The Balaban J connectivity index is 2.02. The van der Waals surface area contributed by atoms with E-state index in [1.165, 1.54) is 44.9 Å². The first-order valence-corrected chi connectivity index (χ1v) is 8.55. The third-order valence-corrected chi connectivity index (χ3v) is 3.86. The van der Waals surface area contributed by atoms with Crippen LogP contribution in [-0.2, 0) is 0 Å². The van der Waals surface area contributed by atoms with Gasteiger partial charge in [0.2, 0.25) is 0 Å². The highest BCUT2D eigenvalue weighted by Crippen LogP contribution is 2.15. The van der Waals surface area contributed by atoms with Crippen LogP contribution in [0.1, 0.15) is 63.9 Å². The molecule has 0 aliphatic carbocycles. The summed E-state index contributed by atoms with van der Waals surface area (Å²) in [6.45, 7) is 3.06. The van der Waals surface area contributed by atoms with Crippen LogP contribution in [0.3, 0.4) is 0 Å². The summed E-state index contributed by atoms with van der Waals surface area (Å²) < 4.78 is 6.34. The summed E-state index contributed by atoms with van der Waals surface area (Å²) in [4.78, 5) is 0. The first kappa shape index (κ1) is 17.5. The highest BCUT2D eigenvalue weighted by atomic mass is 32.1. The first-order valence-electron chi connectivity index (χ1n) is 7.70. The van der Waals surface area contributed by atoms with Gasteiger partial charge in [0.25, 0.3) is 0 Å². The van der Waals surface area contributed by atoms with Gasteiger partial charge >= 0.3 is 0 Å². The van der Waals surface area contributed by atoms with Gasteiger partial charge in [0.15, 0.2) is 0 Å². The molecule has 0 atom stereocenters. The van der Waals surface area contributed by atoms with Crippen LogP contribution in [0, 0.1) is 0 Å². The van der Waals surface area contributed by atoms with E-state index >= 15 is 0 Å². The highest BCUT2D eigenvalue weighted by Gasteiger charge is 1.98. The minimum atomic E-state index is 0.625. The van der Waals surface area contributed by atoms with Gasteiger partial charge in [-0.1, -0.05) is 64.1 Å². The molecule has 0 heterocycles. The molecule has 0 fully saturated rings. The molecule has 1 nitrogen and oxygen atoms in total. The molecule has 0 N–H and O–H groups in total. The summed E-state index contributed by atoms with van der Waals surface area (Å²) in [5, 5.41) is 0. The van der Waals surface area contributed by atoms with Crippen molar-refractivity contribution in [1.82, 2.24) is 0 Å². The van der Waals surface area contributed by atoms with Crippen molar-refractivity contribution in [2.75, 3.05) is 6.61 Å². The van der Waals surface area contributed by atoms with Gasteiger partial charge in [-0.25, -0.2) is 0 Å². The van der Waals surface area contributed by atoms with Gasteiger partial charge in [-0.05, 0) is 36.2 Å². The summed E-state index contributed by atoms with van der Waals surface area (Å²) >= 11 is 9.15. The lowest BCUT2D eigenvalue weighted by Gasteiger charge is -2.07. The van der Waals surface area contributed by atoms with Crippen LogP contribution in [-0.4, -0.2) is 10.8 Å². The van der Waals surface area contributed by atoms with Crippen LogP contribution in [0.5, 0.6) is 5.75 Å². The van der Waals surface area contributed by atoms with Gasteiger partial charge in [-0.3, -0.25) is 0 Å². The van der Waals surface area contributed by atoms with Crippen molar-refractivity contribution < 1.29 is 4.74 Å². The number of hydrogen-bond acceptors (Lipinski definition) is 2. The van der Waals surface area contributed by atoms with Gasteiger partial charge in [-0.2, -0.15) is 0 Å². The number of rotatable bonds is 11. The minimum absolute atomic E-state index is 0.625. The highest BCUT2D eigenvalue weighted by molar-refractivity contribution is 8.11. The lowest BCUT2D eigenvalue weighted by atomic mass is 10.1. The molecular formula is C17H26OS2. The van der Waals surface area contributed by atoms with Crippen LogP contribution < -0.4 is 4.74 Å². The predicted octanol–water partition coefficient (Wildman–Crippen LogP) is 5.81. The Morgan fingerprint density at radius 3 is 2.05 bits per heavy atom. The third-order valence-electron chi connectivity index (χ3n) is 3.37.